The van der Waals surface area contributed by atoms with Gasteiger partial charge in [-0.3, -0.25) is 0 Å². The van der Waals surface area contributed by atoms with Crippen LogP contribution in [0.5, 0.6) is 0 Å². The first-order chi connectivity index (χ1) is 10.3. The van der Waals surface area contributed by atoms with E-state index in [2.05, 4.69) is 35.3 Å². The van der Waals surface area contributed by atoms with Crippen molar-refractivity contribution in [1.82, 2.24) is 5.32 Å². The van der Waals surface area contributed by atoms with Crippen molar-refractivity contribution < 1.29 is 4.74 Å². The lowest BCUT2D eigenvalue weighted by Crippen LogP contribution is -2.45. The Kier molecular flexibility index (Phi) is 4.42. The zero-order chi connectivity index (χ0) is 14.7. The van der Waals surface area contributed by atoms with E-state index in [1.54, 1.807) is 0 Å². The lowest BCUT2D eigenvalue weighted by molar-refractivity contribution is 0.0930. The first-order valence-corrected chi connectivity index (χ1v) is 7.92. The Morgan fingerprint density at radius 3 is 3.00 bits per heavy atom. The van der Waals surface area contributed by atoms with Gasteiger partial charge in [-0.2, -0.15) is 5.26 Å². The van der Waals surface area contributed by atoms with Gasteiger partial charge in [0.2, 0.25) is 0 Å². The van der Waals surface area contributed by atoms with Gasteiger partial charge in [0.25, 0.3) is 0 Å². The van der Waals surface area contributed by atoms with Gasteiger partial charge in [0.15, 0.2) is 0 Å². The number of hydrogen-bond donors (Lipinski definition) is 1. The van der Waals surface area contributed by atoms with E-state index in [1.807, 2.05) is 6.07 Å². The third-order valence-electron chi connectivity index (χ3n) is 4.36. The zero-order valence-corrected chi connectivity index (χ0v) is 12.6. The predicted molar refractivity (Wildman–Crippen MR) is 83.3 cm³/mol. The number of rotatable bonds is 5. The molecule has 4 nitrogen and oxygen atoms in total. The molecule has 2 fully saturated rings. The van der Waals surface area contributed by atoms with Gasteiger partial charge < -0.3 is 15.0 Å². The second-order valence-electron chi connectivity index (χ2n) is 5.95. The molecule has 0 amide bonds. The summed E-state index contributed by atoms with van der Waals surface area (Å²) in [7, 11) is 0. The lowest BCUT2D eigenvalue weighted by Gasteiger charge is -2.37. The van der Waals surface area contributed by atoms with Crippen LogP contribution < -0.4 is 10.2 Å². The van der Waals surface area contributed by atoms with Crippen molar-refractivity contribution in [3.05, 3.63) is 29.3 Å². The molecule has 0 bridgehead atoms. The van der Waals surface area contributed by atoms with Crippen molar-refractivity contribution in [2.45, 2.75) is 44.8 Å². The van der Waals surface area contributed by atoms with Gasteiger partial charge in [0.1, 0.15) is 6.07 Å². The van der Waals surface area contributed by atoms with Crippen LogP contribution in [0.1, 0.15) is 37.3 Å². The number of nitrogens with zero attached hydrogens (tertiary/aromatic N) is 2. The molecule has 1 saturated carbocycles. The molecule has 112 valence electrons. The Hall–Kier alpha value is -1.57. The largest absolute Gasteiger partial charge is 0.377 e. The third kappa shape index (κ3) is 3.37. The maximum atomic E-state index is 9.49. The summed E-state index contributed by atoms with van der Waals surface area (Å²) in [6.45, 7) is 5.40. The normalized spacial score (nSPS) is 22.1. The molecule has 1 unspecified atom stereocenters. The average Bonchev–Trinajstić information content (AvgIpc) is 3.37. The van der Waals surface area contributed by atoms with Gasteiger partial charge in [-0.15, -0.1) is 0 Å². The van der Waals surface area contributed by atoms with Crippen molar-refractivity contribution in [3.63, 3.8) is 0 Å². The molecule has 1 heterocycles. The number of nitriles is 1. The molecular weight excluding hydrogens is 262 g/mol. The number of benzene rings is 1. The molecule has 1 aliphatic heterocycles. The molecule has 0 aromatic heterocycles. The van der Waals surface area contributed by atoms with E-state index in [1.165, 1.54) is 18.4 Å². The van der Waals surface area contributed by atoms with Crippen molar-refractivity contribution >= 4 is 5.69 Å². The van der Waals surface area contributed by atoms with E-state index < -0.39 is 0 Å². The van der Waals surface area contributed by atoms with Crippen LogP contribution in [0.3, 0.4) is 0 Å². The predicted octanol–water partition coefficient (Wildman–Crippen LogP) is 2.43. The number of hydrogen-bond acceptors (Lipinski definition) is 4. The fourth-order valence-corrected chi connectivity index (χ4v) is 2.89. The minimum atomic E-state index is 0.376. The quantitative estimate of drug-likeness (QED) is 0.902. The molecule has 1 aromatic carbocycles. The summed E-state index contributed by atoms with van der Waals surface area (Å²) in [4.78, 5) is 2.33. The van der Waals surface area contributed by atoms with Crippen LogP contribution in [0.2, 0.25) is 0 Å². The summed E-state index contributed by atoms with van der Waals surface area (Å²) in [5.74, 6) is 0. The standard InChI is InChI=1S/C17H23N3O/c1-2-16-12-21-8-7-20(16)17-6-3-13(9-14(17)10-18)11-19-15-4-5-15/h3,6,9,15-16,19H,2,4-5,7-8,11-12H2,1H3. The molecule has 3 rings (SSSR count). The third-order valence-corrected chi connectivity index (χ3v) is 4.36. The minimum Gasteiger partial charge on any atom is -0.377 e. The van der Waals surface area contributed by atoms with E-state index in [-0.39, 0.29) is 0 Å². The summed E-state index contributed by atoms with van der Waals surface area (Å²) in [6.07, 6.45) is 3.61. The summed E-state index contributed by atoms with van der Waals surface area (Å²) < 4.78 is 5.56. The Morgan fingerprint density at radius 1 is 1.43 bits per heavy atom. The van der Waals surface area contributed by atoms with Gasteiger partial charge in [-0.1, -0.05) is 13.0 Å². The fraction of sp³-hybridized carbons (Fsp3) is 0.588. The molecule has 1 N–H and O–H groups in total. The maximum Gasteiger partial charge on any atom is 0.101 e. The van der Waals surface area contributed by atoms with Crippen LogP contribution in [0.15, 0.2) is 18.2 Å². The minimum absolute atomic E-state index is 0.376. The van der Waals surface area contributed by atoms with Gasteiger partial charge in [-0.25, -0.2) is 0 Å². The Balaban J connectivity index is 1.78. The highest BCUT2D eigenvalue weighted by Gasteiger charge is 2.24. The molecular formula is C17H23N3O. The molecule has 4 heteroatoms. The SMILES string of the molecule is CCC1COCCN1c1ccc(CNC2CC2)cc1C#N. The summed E-state index contributed by atoms with van der Waals surface area (Å²) in [5.41, 5.74) is 3.04. The van der Waals surface area contributed by atoms with E-state index in [4.69, 9.17) is 4.74 Å². The summed E-state index contributed by atoms with van der Waals surface area (Å²) in [5, 5.41) is 13.0. The molecule has 21 heavy (non-hydrogen) atoms. The van der Waals surface area contributed by atoms with Crippen LogP contribution in [0, 0.1) is 11.3 Å². The fourth-order valence-electron chi connectivity index (χ4n) is 2.89. The van der Waals surface area contributed by atoms with Crippen molar-refractivity contribution in [2.75, 3.05) is 24.7 Å². The molecule has 1 aliphatic carbocycles. The van der Waals surface area contributed by atoms with Crippen molar-refractivity contribution in [3.8, 4) is 6.07 Å². The van der Waals surface area contributed by atoms with Gasteiger partial charge in [-0.05, 0) is 37.0 Å². The Bertz CT molecular complexity index is 533. The van der Waals surface area contributed by atoms with Crippen LogP contribution in [-0.4, -0.2) is 31.8 Å². The van der Waals surface area contributed by atoms with E-state index >= 15 is 0 Å². The first kappa shape index (κ1) is 14.4. The number of nitrogens with one attached hydrogen (secondary N) is 1. The molecule has 1 aromatic rings. The van der Waals surface area contributed by atoms with Crippen LogP contribution in [0.4, 0.5) is 5.69 Å². The maximum absolute atomic E-state index is 9.49. The first-order valence-electron chi connectivity index (χ1n) is 7.92. The van der Waals surface area contributed by atoms with Gasteiger partial charge in [0, 0.05) is 19.1 Å². The molecule has 2 aliphatic rings. The highest BCUT2D eigenvalue weighted by Crippen LogP contribution is 2.27. The molecule has 0 spiro atoms. The summed E-state index contributed by atoms with van der Waals surface area (Å²) >= 11 is 0. The highest BCUT2D eigenvalue weighted by atomic mass is 16.5. The van der Waals surface area contributed by atoms with Gasteiger partial charge in [0.05, 0.1) is 30.5 Å². The van der Waals surface area contributed by atoms with E-state index in [0.717, 1.165) is 44.0 Å². The number of anilines is 1. The highest BCUT2D eigenvalue weighted by molar-refractivity contribution is 5.61. The van der Waals surface area contributed by atoms with E-state index in [0.29, 0.717) is 12.1 Å². The van der Waals surface area contributed by atoms with Crippen LogP contribution in [-0.2, 0) is 11.3 Å². The van der Waals surface area contributed by atoms with Gasteiger partial charge >= 0.3 is 0 Å². The number of ether oxygens (including phenoxy) is 1. The molecule has 1 saturated heterocycles. The monoisotopic (exact) mass is 285 g/mol. The number of morpholine rings is 1. The van der Waals surface area contributed by atoms with E-state index in [9.17, 15) is 5.26 Å². The van der Waals surface area contributed by atoms with Crippen LogP contribution in [0.25, 0.3) is 0 Å². The average molecular weight is 285 g/mol. The second kappa shape index (κ2) is 6.46. The zero-order valence-electron chi connectivity index (χ0n) is 12.6. The summed E-state index contributed by atoms with van der Waals surface area (Å²) in [6, 6.07) is 9.73. The molecule has 1 atom stereocenters. The van der Waals surface area contributed by atoms with Crippen LogP contribution >= 0.6 is 0 Å². The second-order valence-corrected chi connectivity index (χ2v) is 5.95. The van der Waals surface area contributed by atoms with Crippen molar-refractivity contribution in [2.24, 2.45) is 0 Å². The lowest BCUT2D eigenvalue weighted by atomic mass is 10.0. The van der Waals surface area contributed by atoms with Crippen molar-refractivity contribution in [1.29, 1.82) is 5.26 Å². The Morgan fingerprint density at radius 2 is 2.29 bits per heavy atom. The topological polar surface area (TPSA) is 48.3 Å². The molecule has 0 radical (unpaired) electrons. The Labute approximate surface area is 126 Å². The smallest absolute Gasteiger partial charge is 0.101 e.